The zero-order chi connectivity index (χ0) is 33.4. The number of benzene rings is 5. The van der Waals surface area contributed by atoms with Gasteiger partial charge in [0.15, 0.2) is 5.82 Å². The molecule has 0 aliphatic heterocycles. The summed E-state index contributed by atoms with van der Waals surface area (Å²) in [5.41, 5.74) is 8.86. The van der Waals surface area contributed by atoms with Crippen molar-refractivity contribution in [1.29, 1.82) is 0 Å². The maximum atomic E-state index is 6.74. The van der Waals surface area contributed by atoms with Crippen LogP contribution in [0.15, 0.2) is 109 Å². The summed E-state index contributed by atoms with van der Waals surface area (Å²) in [5, 5.41) is 14.8. The molecule has 9 aromatic rings. The van der Waals surface area contributed by atoms with E-state index < -0.39 is 0 Å². The standard InChI is InChI=1S/C43H33N5O.Pt/c1-26-13-6-7-14-32(26)41-45-46-42-36-25-30(21-27(2)39(36)35-16-9-11-19-38(35)48(41)42)49-31-23-28(43(3,4)5)22-29(24-31)47-37-18-10-8-15-33(37)34-17-12-20-44-40(34)47;/h6-23H,1-5H3;/q-2;+2. The summed E-state index contributed by atoms with van der Waals surface area (Å²) >= 11 is 0. The van der Waals surface area contributed by atoms with E-state index in [0.717, 1.165) is 83.0 Å². The van der Waals surface area contributed by atoms with Gasteiger partial charge in [-0.25, -0.2) is 4.98 Å². The summed E-state index contributed by atoms with van der Waals surface area (Å²) in [6.45, 7) is 10.9. The second-order valence-electron chi connectivity index (χ2n) is 13.8. The average Bonchev–Trinajstić information content (AvgIpc) is 3.68. The predicted molar refractivity (Wildman–Crippen MR) is 198 cm³/mol. The molecule has 6 nitrogen and oxygen atoms in total. The molecule has 0 atom stereocenters. The molecule has 5 aromatic carbocycles. The Balaban J connectivity index is 0.00000361. The Morgan fingerprint density at radius 1 is 0.660 bits per heavy atom. The maximum Gasteiger partial charge on any atom is 2.00 e. The molecule has 0 saturated heterocycles. The maximum absolute atomic E-state index is 6.74. The van der Waals surface area contributed by atoms with Crippen molar-refractivity contribution < 1.29 is 25.8 Å². The van der Waals surface area contributed by atoms with Gasteiger partial charge in [0.05, 0.1) is 11.2 Å². The van der Waals surface area contributed by atoms with Crippen molar-refractivity contribution in [3.63, 3.8) is 0 Å². The predicted octanol–water partition coefficient (Wildman–Crippen LogP) is 10.5. The Bertz CT molecular complexity index is 2720. The van der Waals surface area contributed by atoms with Gasteiger partial charge in [0, 0.05) is 39.5 Å². The van der Waals surface area contributed by atoms with Crippen molar-refractivity contribution in [3.8, 4) is 28.6 Å². The molecule has 9 rings (SSSR count). The molecule has 0 unspecified atom stereocenters. The summed E-state index contributed by atoms with van der Waals surface area (Å²) in [6, 6.07) is 42.8. The first-order chi connectivity index (χ1) is 23.8. The zero-order valence-corrected chi connectivity index (χ0v) is 30.6. The zero-order valence-electron chi connectivity index (χ0n) is 28.4. The van der Waals surface area contributed by atoms with Crippen molar-refractivity contribution in [3.05, 3.63) is 138 Å². The molecule has 0 fully saturated rings. The van der Waals surface area contributed by atoms with E-state index in [1.54, 1.807) is 0 Å². The van der Waals surface area contributed by atoms with E-state index in [0.29, 0.717) is 11.5 Å². The van der Waals surface area contributed by atoms with Crippen LogP contribution < -0.4 is 4.74 Å². The fourth-order valence-electron chi connectivity index (χ4n) is 7.11. The molecular weight excluding hydrogens is 798 g/mol. The number of hydrogen-bond acceptors (Lipinski definition) is 4. The second kappa shape index (κ2) is 11.9. The number of para-hydroxylation sites is 2. The molecule has 4 heterocycles. The molecule has 246 valence electrons. The molecule has 4 aromatic heterocycles. The molecule has 0 aliphatic carbocycles. The number of rotatable bonds is 4. The van der Waals surface area contributed by atoms with Crippen molar-refractivity contribution in [1.82, 2.24) is 24.1 Å². The van der Waals surface area contributed by atoms with Gasteiger partial charge in [-0.2, -0.15) is 5.10 Å². The molecular formula is C43H33N5OPt. The Morgan fingerprint density at radius 3 is 2.16 bits per heavy atom. The van der Waals surface area contributed by atoms with Gasteiger partial charge in [-0.1, -0.05) is 117 Å². The van der Waals surface area contributed by atoms with E-state index in [2.05, 4.69) is 141 Å². The van der Waals surface area contributed by atoms with Crippen LogP contribution in [-0.2, 0) is 26.5 Å². The Labute approximate surface area is 304 Å². The minimum absolute atomic E-state index is 0. The number of ether oxygens (including phenoxy) is 1. The largest absolute Gasteiger partial charge is 2.00 e. The fourth-order valence-corrected chi connectivity index (χ4v) is 7.11. The smallest absolute Gasteiger partial charge is 0.503 e. The number of fused-ring (bicyclic) bond motifs is 9. The van der Waals surface area contributed by atoms with Crippen molar-refractivity contribution in [2.24, 2.45) is 0 Å². The summed E-state index contributed by atoms with van der Waals surface area (Å²) < 4.78 is 11.1. The van der Waals surface area contributed by atoms with E-state index in [4.69, 9.17) is 19.9 Å². The summed E-state index contributed by atoms with van der Waals surface area (Å²) in [7, 11) is 0. The van der Waals surface area contributed by atoms with Crippen LogP contribution in [0.3, 0.4) is 0 Å². The van der Waals surface area contributed by atoms with Gasteiger partial charge in [-0.3, -0.25) is 0 Å². The second-order valence-corrected chi connectivity index (χ2v) is 13.8. The number of nitrogens with zero attached hydrogens (tertiary/aromatic N) is 5. The van der Waals surface area contributed by atoms with Crippen LogP contribution in [0, 0.1) is 26.0 Å². The molecule has 0 radical (unpaired) electrons. The van der Waals surface area contributed by atoms with Crippen LogP contribution >= 0.6 is 0 Å². The Morgan fingerprint density at radius 2 is 1.36 bits per heavy atom. The Hall–Kier alpha value is -5.32. The third-order valence-corrected chi connectivity index (χ3v) is 9.52. The van der Waals surface area contributed by atoms with E-state index in [9.17, 15) is 0 Å². The van der Waals surface area contributed by atoms with Crippen LogP contribution in [0.2, 0.25) is 0 Å². The topological polar surface area (TPSA) is 57.2 Å². The van der Waals surface area contributed by atoms with Crippen LogP contribution in [0.4, 0.5) is 0 Å². The third-order valence-electron chi connectivity index (χ3n) is 9.52. The molecule has 0 amide bonds. The quantitative estimate of drug-likeness (QED) is 0.131. The monoisotopic (exact) mass is 830 g/mol. The minimum atomic E-state index is -0.143. The number of aryl methyl sites for hydroxylation is 2. The first-order valence-electron chi connectivity index (χ1n) is 16.5. The van der Waals surface area contributed by atoms with Crippen molar-refractivity contribution in [2.75, 3.05) is 0 Å². The van der Waals surface area contributed by atoms with E-state index in [1.807, 2.05) is 24.4 Å². The van der Waals surface area contributed by atoms with E-state index in [1.165, 1.54) is 0 Å². The van der Waals surface area contributed by atoms with Crippen LogP contribution in [-0.4, -0.2) is 24.1 Å². The molecule has 0 spiro atoms. The first kappa shape index (κ1) is 31.9. The van der Waals surface area contributed by atoms with Crippen molar-refractivity contribution in [2.45, 2.75) is 40.0 Å². The van der Waals surface area contributed by atoms with Gasteiger partial charge in [-0.05, 0) is 47.6 Å². The SMILES string of the molecule is Cc1ccccc1-c1nnc2c3[c-]c(Oc4[c-]c(-n5c6ccccc6c6cccnc65)cc(C(C)(C)C)c4)cc(C)c3c3ccccc3n12.[Pt+2]. The summed E-state index contributed by atoms with van der Waals surface area (Å²) in [4.78, 5) is 4.81. The van der Waals surface area contributed by atoms with Crippen LogP contribution in [0.5, 0.6) is 11.5 Å². The molecule has 0 bridgehead atoms. The van der Waals surface area contributed by atoms with Crippen LogP contribution in [0.1, 0.15) is 37.5 Å². The number of aromatic nitrogens is 5. The first-order valence-corrected chi connectivity index (χ1v) is 16.5. The van der Waals surface area contributed by atoms with E-state index in [-0.39, 0.29) is 26.5 Å². The Kier molecular flexibility index (Phi) is 7.61. The normalized spacial score (nSPS) is 11.9. The van der Waals surface area contributed by atoms with Crippen molar-refractivity contribution >= 4 is 49.3 Å². The minimum Gasteiger partial charge on any atom is -0.503 e. The molecule has 0 N–H and O–H groups in total. The van der Waals surface area contributed by atoms with E-state index >= 15 is 0 Å². The van der Waals surface area contributed by atoms with Gasteiger partial charge in [0.2, 0.25) is 0 Å². The van der Waals surface area contributed by atoms with Crippen LogP contribution in [0.25, 0.3) is 66.3 Å². The summed E-state index contributed by atoms with van der Waals surface area (Å²) in [5.74, 6) is 2.01. The number of pyridine rings is 2. The molecule has 50 heavy (non-hydrogen) atoms. The van der Waals surface area contributed by atoms with Gasteiger partial charge in [0.25, 0.3) is 0 Å². The third kappa shape index (κ3) is 5.01. The average molecular weight is 831 g/mol. The fraction of sp³-hybridized carbons (Fsp3) is 0.140. The molecule has 0 saturated carbocycles. The van der Waals surface area contributed by atoms with Gasteiger partial charge >= 0.3 is 21.1 Å². The molecule has 0 aliphatic rings. The molecule has 7 heteroatoms. The van der Waals surface area contributed by atoms with Gasteiger partial charge in [-0.15, -0.1) is 34.4 Å². The van der Waals surface area contributed by atoms with Gasteiger partial charge < -0.3 is 13.7 Å². The summed E-state index contributed by atoms with van der Waals surface area (Å²) in [6.07, 6.45) is 1.84. The van der Waals surface area contributed by atoms with Gasteiger partial charge in [0.1, 0.15) is 5.65 Å². The number of hydrogen-bond donors (Lipinski definition) is 0.